The Bertz CT molecular complexity index is 575. The van der Waals surface area contributed by atoms with Crippen LogP contribution in [0.5, 0.6) is 0 Å². The van der Waals surface area contributed by atoms with Crippen molar-refractivity contribution in [3.63, 3.8) is 0 Å². The number of hydrogen-bond donors (Lipinski definition) is 3. The number of piperazine rings is 1. The Hall–Kier alpha value is -1.92. The Kier molecular flexibility index (Phi) is 6.96. The highest BCUT2D eigenvalue weighted by Gasteiger charge is 2.31. The van der Waals surface area contributed by atoms with E-state index in [0.717, 1.165) is 19.5 Å². The molecule has 1 aliphatic rings. The minimum atomic E-state index is -0.435. The molecule has 1 aliphatic heterocycles. The van der Waals surface area contributed by atoms with Crippen LogP contribution in [0.3, 0.4) is 0 Å². The Morgan fingerprint density at radius 2 is 2.08 bits per heavy atom. The lowest BCUT2D eigenvalue weighted by Crippen LogP contribution is -2.57. The first-order chi connectivity index (χ1) is 11.9. The molecule has 1 fully saturated rings. The molecular weight excluding hydrogens is 318 g/mol. The molecule has 0 spiro atoms. The molecule has 1 aromatic rings. The summed E-state index contributed by atoms with van der Waals surface area (Å²) >= 11 is 0. The summed E-state index contributed by atoms with van der Waals surface area (Å²) in [6, 6.07) is 9.71. The van der Waals surface area contributed by atoms with Crippen molar-refractivity contribution in [2.75, 3.05) is 32.8 Å². The van der Waals surface area contributed by atoms with Crippen LogP contribution in [0.1, 0.15) is 25.8 Å². The molecule has 1 unspecified atom stereocenters. The Balaban J connectivity index is 1.90. The smallest absolute Gasteiger partial charge is 0.237 e. The van der Waals surface area contributed by atoms with E-state index in [0.29, 0.717) is 13.1 Å². The van der Waals surface area contributed by atoms with Crippen LogP contribution < -0.4 is 10.6 Å². The fourth-order valence-electron chi connectivity index (χ4n) is 2.81. The SMILES string of the molecule is CC(C)(CO)CNC(=O)CC1C(=O)NCCN1CCc1ccccc1. The molecule has 6 heteroatoms. The fourth-order valence-corrected chi connectivity index (χ4v) is 2.81. The van der Waals surface area contributed by atoms with Crippen LogP contribution in [-0.2, 0) is 16.0 Å². The van der Waals surface area contributed by atoms with Gasteiger partial charge in [-0.05, 0) is 12.0 Å². The van der Waals surface area contributed by atoms with Gasteiger partial charge in [0.2, 0.25) is 11.8 Å². The lowest BCUT2D eigenvalue weighted by Gasteiger charge is -2.35. The average Bonchev–Trinajstić information content (AvgIpc) is 2.61. The van der Waals surface area contributed by atoms with Gasteiger partial charge in [0.1, 0.15) is 0 Å². The number of carbonyl (C=O) groups is 2. The molecule has 0 bridgehead atoms. The van der Waals surface area contributed by atoms with Gasteiger partial charge in [-0.2, -0.15) is 0 Å². The Labute approximate surface area is 149 Å². The zero-order valence-electron chi connectivity index (χ0n) is 15.1. The summed E-state index contributed by atoms with van der Waals surface area (Å²) in [5.41, 5.74) is 0.860. The third-order valence-corrected chi connectivity index (χ3v) is 4.54. The molecule has 6 nitrogen and oxygen atoms in total. The maximum Gasteiger partial charge on any atom is 0.237 e. The third-order valence-electron chi connectivity index (χ3n) is 4.54. The quantitative estimate of drug-likeness (QED) is 0.642. The second-order valence-electron chi connectivity index (χ2n) is 7.38. The number of benzene rings is 1. The van der Waals surface area contributed by atoms with Gasteiger partial charge in [0.25, 0.3) is 0 Å². The first-order valence-corrected chi connectivity index (χ1v) is 8.84. The van der Waals surface area contributed by atoms with Gasteiger partial charge < -0.3 is 15.7 Å². The summed E-state index contributed by atoms with van der Waals surface area (Å²) in [6.07, 6.45) is 0.992. The molecule has 138 valence electrons. The third kappa shape index (κ3) is 6.14. The van der Waals surface area contributed by atoms with E-state index < -0.39 is 6.04 Å². The Morgan fingerprint density at radius 1 is 1.36 bits per heavy atom. The van der Waals surface area contributed by atoms with Crippen molar-refractivity contribution < 1.29 is 14.7 Å². The monoisotopic (exact) mass is 347 g/mol. The van der Waals surface area contributed by atoms with Crippen LogP contribution in [-0.4, -0.2) is 60.6 Å². The van der Waals surface area contributed by atoms with Crippen LogP contribution in [0.25, 0.3) is 0 Å². The lowest BCUT2D eigenvalue weighted by molar-refractivity contribution is -0.134. The molecule has 0 aromatic heterocycles. The molecule has 2 rings (SSSR count). The van der Waals surface area contributed by atoms with E-state index in [4.69, 9.17) is 0 Å². The topological polar surface area (TPSA) is 81.7 Å². The predicted octanol–water partition coefficient (Wildman–Crippen LogP) is 0.554. The van der Waals surface area contributed by atoms with Gasteiger partial charge in [-0.15, -0.1) is 0 Å². The summed E-state index contributed by atoms with van der Waals surface area (Å²) in [5.74, 6) is -0.246. The molecule has 1 atom stereocenters. The molecule has 0 radical (unpaired) electrons. The van der Waals surface area contributed by atoms with Crippen LogP contribution in [0, 0.1) is 5.41 Å². The molecule has 1 saturated heterocycles. The number of nitrogens with zero attached hydrogens (tertiary/aromatic N) is 1. The van der Waals surface area contributed by atoms with Crippen molar-refractivity contribution in [1.29, 1.82) is 0 Å². The number of carbonyl (C=O) groups excluding carboxylic acids is 2. The number of amides is 2. The number of aliphatic hydroxyl groups excluding tert-OH is 1. The van der Waals surface area contributed by atoms with Gasteiger partial charge in [-0.1, -0.05) is 44.2 Å². The molecule has 2 amide bonds. The number of hydrogen-bond acceptors (Lipinski definition) is 4. The first-order valence-electron chi connectivity index (χ1n) is 8.84. The zero-order valence-corrected chi connectivity index (χ0v) is 15.1. The highest BCUT2D eigenvalue weighted by atomic mass is 16.3. The van der Waals surface area contributed by atoms with E-state index in [1.54, 1.807) is 0 Å². The molecule has 3 N–H and O–H groups in total. The maximum atomic E-state index is 12.2. The van der Waals surface area contributed by atoms with E-state index in [9.17, 15) is 14.7 Å². The highest BCUT2D eigenvalue weighted by Crippen LogP contribution is 2.13. The largest absolute Gasteiger partial charge is 0.396 e. The van der Waals surface area contributed by atoms with Gasteiger partial charge in [0.05, 0.1) is 12.5 Å². The van der Waals surface area contributed by atoms with Crippen molar-refractivity contribution in [1.82, 2.24) is 15.5 Å². The summed E-state index contributed by atoms with van der Waals surface area (Å²) in [5, 5.41) is 14.9. The minimum Gasteiger partial charge on any atom is -0.396 e. The summed E-state index contributed by atoms with van der Waals surface area (Å²) in [6.45, 7) is 6.26. The lowest BCUT2D eigenvalue weighted by atomic mass is 9.95. The first kappa shape index (κ1) is 19.4. The van der Waals surface area contributed by atoms with Crippen molar-refractivity contribution in [2.24, 2.45) is 5.41 Å². The zero-order chi connectivity index (χ0) is 18.3. The maximum absolute atomic E-state index is 12.2. The second-order valence-corrected chi connectivity index (χ2v) is 7.38. The molecule has 1 heterocycles. The number of nitrogens with one attached hydrogen (secondary N) is 2. The van der Waals surface area contributed by atoms with Crippen molar-refractivity contribution in [2.45, 2.75) is 32.7 Å². The average molecular weight is 347 g/mol. The molecule has 25 heavy (non-hydrogen) atoms. The van der Waals surface area contributed by atoms with E-state index in [1.807, 2.05) is 32.0 Å². The van der Waals surface area contributed by atoms with E-state index in [2.05, 4.69) is 27.7 Å². The van der Waals surface area contributed by atoms with Gasteiger partial charge in [0, 0.05) is 38.2 Å². The van der Waals surface area contributed by atoms with Crippen molar-refractivity contribution in [3.05, 3.63) is 35.9 Å². The summed E-state index contributed by atoms with van der Waals surface area (Å²) in [7, 11) is 0. The predicted molar refractivity (Wildman–Crippen MR) is 97.0 cm³/mol. The number of rotatable bonds is 8. The Morgan fingerprint density at radius 3 is 2.76 bits per heavy atom. The van der Waals surface area contributed by atoms with Gasteiger partial charge in [0.15, 0.2) is 0 Å². The normalized spacial score (nSPS) is 18.7. The van der Waals surface area contributed by atoms with Crippen molar-refractivity contribution >= 4 is 11.8 Å². The van der Waals surface area contributed by atoms with E-state index in [-0.39, 0.29) is 30.3 Å². The van der Waals surface area contributed by atoms with E-state index >= 15 is 0 Å². The fraction of sp³-hybridized carbons (Fsp3) is 0.579. The van der Waals surface area contributed by atoms with Gasteiger partial charge in [-0.3, -0.25) is 14.5 Å². The van der Waals surface area contributed by atoms with Gasteiger partial charge in [-0.25, -0.2) is 0 Å². The van der Waals surface area contributed by atoms with Crippen molar-refractivity contribution in [3.8, 4) is 0 Å². The molecule has 1 aromatic carbocycles. The molecular formula is C19H29N3O3. The molecule has 0 saturated carbocycles. The van der Waals surface area contributed by atoms with Crippen LogP contribution >= 0.6 is 0 Å². The molecule has 0 aliphatic carbocycles. The van der Waals surface area contributed by atoms with Crippen LogP contribution in [0.15, 0.2) is 30.3 Å². The summed E-state index contributed by atoms with van der Waals surface area (Å²) < 4.78 is 0. The summed E-state index contributed by atoms with van der Waals surface area (Å²) in [4.78, 5) is 26.6. The van der Waals surface area contributed by atoms with E-state index in [1.165, 1.54) is 5.56 Å². The minimum absolute atomic E-state index is 0.000392. The highest BCUT2D eigenvalue weighted by molar-refractivity contribution is 5.88. The van der Waals surface area contributed by atoms with Crippen LogP contribution in [0.4, 0.5) is 0 Å². The number of aliphatic hydroxyl groups is 1. The standard InChI is InChI=1S/C19H29N3O3/c1-19(2,14-23)13-21-17(24)12-16-18(25)20-9-11-22(16)10-8-15-6-4-3-5-7-15/h3-7,16,23H,8-14H2,1-2H3,(H,20,25)(H,21,24). The van der Waals surface area contributed by atoms with Crippen LogP contribution in [0.2, 0.25) is 0 Å². The second kappa shape index (κ2) is 8.97. The van der Waals surface area contributed by atoms with Gasteiger partial charge >= 0.3 is 0 Å².